The standard InChI is InChI=1S/C9H6BFO2/c10-7-8(11)6(4-12)3-5-1-2-13-9(5)7/h3-4H,1-2H2. The van der Waals surface area contributed by atoms with Gasteiger partial charge in [-0.15, -0.1) is 0 Å². The molecule has 0 spiro atoms. The first-order valence-corrected chi connectivity index (χ1v) is 3.93. The third-order valence-corrected chi connectivity index (χ3v) is 2.10. The Kier molecular flexibility index (Phi) is 1.83. The van der Waals surface area contributed by atoms with Crippen molar-refractivity contribution in [2.24, 2.45) is 0 Å². The zero-order valence-corrected chi connectivity index (χ0v) is 6.84. The summed E-state index contributed by atoms with van der Waals surface area (Å²) in [6, 6.07) is 1.49. The van der Waals surface area contributed by atoms with Crippen molar-refractivity contribution in [1.82, 2.24) is 0 Å². The van der Waals surface area contributed by atoms with Gasteiger partial charge in [0, 0.05) is 12.0 Å². The molecule has 0 amide bonds. The van der Waals surface area contributed by atoms with Crippen LogP contribution in [0.25, 0.3) is 0 Å². The minimum absolute atomic E-state index is 0.00162. The van der Waals surface area contributed by atoms with Crippen molar-refractivity contribution in [3.05, 3.63) is 23.0 Å². The minimum Gasteiger partial charge on any atom is -0.493 e. The van der Waals surface area contributed by atoms with Crippen LogP contribution >= 0.6 is 0 Å². The molecule has 2 nitrogen and oxygen atoms in total. The van der Waals surface area contributed by atoms with Crippen molar-refractivity contribution in [2.45, 2.75) is 6.42 Å². The van der Waals surface area contributed by atoms with E-state index in [-0.39, 0.29) is 11.0 Å². The van der Waals surface area contributed by atoms with Crippen LogP contribution in [0.5, 0.6) is 5.75 Å². The Bertz CT molecular complexity index is 376. The van der Waals surface area contributed by atoms with Crippen molar-refractivity contribution < 1.29 is 13.9 Å². The maximum Gasteiger partial charge on any atom is 0.152 e. The third kappa shape index (κ3) is 1.13. The summed E-state index contributed by atoms with van der Waals surface area (Å²) < 4.78 is 18.3. The highest BCUT2D eigenvalue weighted by Gasteiger charge is 2.19. The average molecular weight is 176 g/mol. The fourth-order valence-corrected chi connectivity index (χ4v) is 1.45. The first kappa shape index (κ1) is 8.29. The van der Waals surface area contributed by atoms with Gasteiger partial charge in [-0.25, -0.2) is 4.39 Å². The topological polar surface area (TPSA) is 26.3 Å². The Balaban J connectivity index is 2.68. The van der Waals surface area contributed by atoms with Gasteiger partial charge in [0.25, 0.3) is 0 Å². The second-order valence-electron chi connectivity index (χ2n) is 2.90. The Morgan fingerprint density at radius 3 is 3.08 bits per heavy atom. The second-order valence-corrected chi connectivity index (χ2v) is 2.90. The summed E-state index contributed by atoms with van der Waals surface area (Å²) in [5, 5.41) is 0. The van der Waals surface area contributed by atoms with E-state index in [1.54, 1.807) is 0 Å². The van der Waals surface area contributed by atoms with Gasteiger partial charge >= 0.3 is 0 Å². The normalized spacial score (nSPS) is 13.6. The number of hydrogen-bond acceptors (Lipinski definition) is 2. The zero-order chi connectivity index (χ0) is 9.42. The Labute approximate surface area is 76.1 Å². The van der Waals surface area contributed by atoms with E-state index < -0.39 is 5.82 Å². The second kappa shape index (κ2) is 2.87. The van der Waals surface area contributed by atoms with E-state index in [0.717, 1.165) is 5.56 Å². The lowest BCUT2D eigenvalue weighted by atomic mass is 9.90. The smallest absolute Gasteiger partial charge is 0.152 e. The molecule has 2 radical (unpaired) electrons. The number of ether oxygens (including phenoxy) is 1. The molecular formula is C9H6BFO2. The highest BCUT2D eigenvalue weighted by molar-refractivity contribution is 6.35. The third-order valence-electron chi connectivity index (χ3n) is 2.10. The predicted octanol–water partition coefficient (Wildman–Crippen LogP) is 0.367. The van der Waals surface area contributed by atoms with Crippen LogP contribution in [0.4, 0.5) is 4.39 Å². The number of hydrogen-bond donors (Lipinski definition) is 0. The van der Waals surface area contributed by atoms with Gasteiger partial charge in [-0.1, -0.05) is 0 Å². The van der Waals surface area contributed by atoms with E-state index in [9.17, 15) is 9.18 Å². The van der Waals surface area contributed by atoms with Crippen LogP contribution in [-0.2, 0) is 6.42 Å². The average Bonchev–Trinajstić information content (AvgIpc) is 2.59. The summed E-state index contributed by atoms with van der Waals surface area (Å²) >= 11 is 0. The molecule has 1 heterocycles. The monoisotopic (exact) mass is 176 g/mol. The molecule has 0 fully saturated rings. The maximum absolute atomic E-state index is 13.2. The maximum atomic E-state index is 13.2. The van der Waals surface area contributed by atoms with E-state index in [1.165, 1.54) is 6.07 Å². The first-order valence-electron chi connectivity index (χ1n) is 3.93. The number of carbonyl (C=O) groups is 1. The van der Waals surface area contributed by atoms with Gasteiger partial charge in [0.15, 0.2) is 6.29 Å². The summed E-state index contributed by atoms with van der Waals surface area (Å²) in [6.45, 7) is 0.501. The van der Waals surface area contributed by atoms with E-state index in [1.807, 2.05) is 0 Å². The molecule has 2 rings (SSSR count). The number of aldehydes is 1. The van der Waals surface area contributed by atoms with Crippen molar-refractivity contribution in [3.63, 3.8) is 0 Å². The molecule has 0 atom stereocenters. The molecule has 13 heavy (non-hydrogen) atoms. The molecule has 4 heteroatoms. The van der Waals surface area contributed by atoms with Gasteiger partial charge in [-0.05, 0) is 17.1 Å². The molecule has 0 N–H and O–H groups in total. The molecule has 1 aromatic carbocycles. The van der Waals surface area contributed by atoms with Crippen molar-refractivity contribution in [1.29, 1.82) is 0 Å². The minimum atomic E-state index is -0.685. The Morgan fingerprint density at radius 1 is 1.62 bits per heavy atom. The summed E-state index contributed by atoms with van der Waals surface area (Å²) in [7, 11) is 5.45. The van der Waals surface area contributed by atoms with Crippen LogP contribution in [0.15, 0.2) is 6.07 Å². The number of halogens is 1. The Morgan fingerprint density at radius 2 is 2.38 bits per heavy atom. The van der Waals surface area contributed by atoms with Crippen LogP contribution in [0.3, 0.4) is 0 Å². The summed E-state index contributed by atoms with van der Waals surface area (Å²) in [4.78, 5) is 10.4. The molecule has 0 aliphatic carbocycles. The van der Waals surface area contributed by atoms with Crippen LogP contribution in [0.1, 0.15) is 15.9 Å². The largest absolute Gasteiger partial charge is 0.493 e. The van der Waals surface area contributed by atoms with E-state index in [0.29, 0.717) is 25.1 Å². The molecule has 0 saturated heterocycles. The van der Waals surface area contributed by atoms with Crippen molar-refractivity contribution in [2.75, 3.05) is 6.61 Å². The summed E-state index contributed by atoms with van der Waals surface area (Å²) in [5.41, 5.74) is 0.750. The predicted molar refractivity (Wildman–Crippen MR) is 46.4 cm³/mol. The first-order chi connectivity index (χ1) is 6.24. The fraction of sp³-hybridized carbons (Fsp3) is 0.222. The van der Waals surface area contributed by atoms with Crippen LogP contribution in [-0.4, -0.2) is 20.7 Å². The Hall–Kier alpha value is -1.32. The lowest BCUT2D eigenvalue weighted by Gasteiger charge is -2.06. The molecule has 0 unspecified atom stereocenters. The number of rotatable bonds is 1. The van der Waals surface area contributed by atoms with E-state index in [2.05, 4.69) is 0 Å². The van der Waals surface area contributed by atoms with Crippen molar-refractivity contribution in [3.8, 4) is 5.75 Å². The highest BCUT2D eigenvalue weighted by Crippen LogP contribution is 2.24. The van der Waals surface area contributed by atoms with Gasteiger partial charge < -0.3 is 4.74 Å². The molecule has 0 saturated carbocycles. The number of benzene rings is 1. The van der Waals surface area contributed by atoms with Crippen LogP contribution in [0, 0.1) is 5.82 Å². The van der Waals surface area contributed by atoms with Crippen molar-refractivity contribution >= 4 is 19.6 Å². The van der Waals surface area contributed by atoms with Crippen LogP contribution in [0.2, 0.25) is 0 Å². The number of fused-ring (bicyclic) bond motifs is 1. The molecule has 64 valence electrons. The van der Waals surface area contributed by atoms with Gasteiger partial charge in [0.1, 0.15) is 19.4 Å². The molecule has 1 aliphatic heterocycles. The fourth-order valence-electron chi connectivity index (χ4n) is 1.45. The lowest BCUT2D eigenvalue weighted by Crippen LogP contribution is -2.14. The molecular weight excluding hydrogens is 170 g/mol. The summed E-state index contributed by atoms with van der Waals surface area (Å²) in [5.74, 6) is -0.293. The van der Waals surface area contributed by atoms with Gasteiger partial charge in [-0.3, -0.25) is 4.79 Å². The SMILES string of the molecule is [B]c1c(F)c(C=O)cc2c1OCC2. The van der Waals surface area contributed by atoms with Crippen LogP contribution < -0.4 is 10.2 Å². The quantitative estimate of drug-likeness (QED) is 0.456. The van der Waals surface area contributed by atoms with E-state index in [4.69, 9.17) is 12.6 Å². The molecule has 1 aromatic rings. The number of carbonyl (C=O) groups excluding carboxylic acids is 1. The van der Waals surface area contributed by atoms with Gasteiger partial charge in [-0.2, -0.15) is 0 Å². The lowest BCUT2D eigenvalue weighted by molar-refractivity contribution is 0.112. The highest BCUT2D eigenvalue weighted by atomic mass is 19.1. The van der Waals surface area contributed by atoms with E-state index >= 15 is 0 Å². The molecule has 0 bridgehead atoms. The van der Waals surface area contributed by atoms with Gasteiger partial charge in [0.2, 0.25) is 0 Å². The molecule has 1 aliphatic rings. The van der Waals surface area contributed by atoms with Gasteiger partial charge in [0.05, 0.1) is 6.61 Å². The zero-order valence-electron chi connectivity index (χ0n) is 6.84. The summed E-state index contributed by atoms with van der Waals surface area (Å²) in [6.07, 6.45) is 1.14. The molecule has 0 aromatic heterocycles.